The Balaban J connectivity index is 2.01. The van der Waals surface area contributed by atoms with Crippen LogP contribution in [0.2, 0.25) is 0 Å². The Kier molecular flexibility index (Phi) is 5.39. The van der Waals surface area contributed by atoms with Crippen LogP contribution in [0.15, 0.2) is 53.0 Å². The molecule has 0 aliphatic rings. The molecule has 0 saturated heterocycles. The van der Waals surface area contributed by atoms with Gasteiger partial charge in [-0.2, -0.15) is 0 Å². The van der Waals surface area contributed by atoms with Crippen LogP contribution in [0.4, 0.5) is 5.69 Å². The van der Waals surface area contributed by atoms with E-state index in [1.165, 1.54) is 5.56 Å². The smallest absolute Gasteiger partial charge is 0.337 e. The number of aryl methyl sites for hydroxylation is 1. The van der Waals surface area contributed by atoms with Gasteiger partial charge in [0.2, 0.25) is 0 Å². The number of anilines is 1. The largest absolute Gasteiger partial charge is 0.478 e. The summed E-state index contributed by atoms with van der Waals surface area (Å²) in [4.78, 5) is 11.2. The number of hydrogen-bond acceptors (Lipinski definition) is 2. The van der Waals surface area contributed by atoms with Crippen molar-refractivity contribution in [2.24, 2.45) is 0 Å². The van der Waals surface area contributed by atoms with Crippen LogP contribution in [0.25, 0.3) is 0 Å². The van der Waals surface area contributed by atoms with Crippen molar-refractivity contribution in [2.75, 3.05) is 5.32 Å². The number of benzene rings is 2. The van der Waals surface area contributed by atoms with Gasteiger partial charge in [-0.1, -0.05) is 46.3 Å². The quantitative estimate of drug-likeness (QED) is 0.803. The van der Waals surface area contributed by atoms with Gasteiger partial charge in [-0.25, -0.2) is 4.79 Å². The zero-order valence-corrected chi connectivity index (χ0v) is 13.4. The molecule has 0 spiro atoms. The summed E-state index contributed by atoms with van der Waals surface area (Å²) in [5.41, 5.74) is 2.24. The predicted octanol–water partition coefficient (Wildman–Crippen LogP) is 4.58. The van der Waals surface area contributed by atoms with Gasteiger partial charge < -0.3 is 10.4 Å². The van der Waals surface area contributed by atoms with Crippen LogP contribution in [0.1, 0.15) is 29.3 Å². The molecule has 2 aromatic carbocycles. The molecule has 0 amide bonds. The van der Waals surface area contributed by atoms with Gasteiger partial charge in [-0.15, -0.1) is 0 Å². The van der Waals surface area contributed by atoms with Gasteiger partial charge in [0, 0.05) is 10.5 Å². The van der Waals surface area contributed by atoms with E-state index in [9.17, 15) is 9.90 Å². The maximum Gasteiger partial charge on any atom is 0.337 e. The lowest BCUT2D eigenvalue weighted by molar-refractivity contribution is 0.0698. The molecule has 0 aromatic heterocycles. The minimum absolute atomic E-state index is 0.192. The number of carboxylic acids is 1. The van der Waals surface area contributed by atoms with E-state index in [0.29, 0.717) is 11.3 Å². The molecule has 2 rings (SSSR count). The molecule has 0 heterocycles. The highest BCUT2D eigenvalue weighted by Crippen LogP contribution is 2.23. The Morgan fingerprint density at radius 2 is 1.95 bits per heavy atom. The molecule has 3 nitrogen and oxygen atoms in total. The summed E-state index contributed by atoms with van der Waals surface area (Å²) < 4.78 is 0.866. The molecule has 0 aliphatic carbocycles. The molecular weight excluding hydrogens is 330 g/mol. The van der Waals surface area contributed by atoms with E-state index in [0.717, 1.165) is 17.3 Å². The second-order valence-corrected chi connectivity index (χ2v) is 5.98. The highest BCUT2D eigenvalue weighted by Gasteiger charge is 2.12. The van der Waals surface area contributed by atoms with Gasteiger partial charge in [0.1, 0.15) is 0 Å². The maximum absolute atomic E-state index is 11.2. The van der Waals surface area contributed by atoms with Crippen LogP contribution < -0.4 is 5.32 Å². The van der Waals surface area contributed by atoms with Crippen LogP contribution in [-0.2, 0) is 6.42 Å². The number of hydrogen-bond donors (Lipinski definition) is 2. The van der Waals surface area contributed by atoms with Gasteiger partial charge in [-0.3, -0.25) is 0 Å². The topological polar surface area (TPSA) is 49.3 Å². The summed E-state index contributed by atoms with van der Waals surface area (Å²) >= 11 is 3.38. The zero-order valence-electron chi connectivity index (χ0n) is 11.8. The number of carbonyl (C=O) groups is 1. The number of aromatic carboxylic acids is 1. The molecule has 0 bridgehead atoms. The third kappa shape index (κ3) is 4.60. The van der Waals surface area contributed by atoms with E-state index < -0.39 is 5.97 Å². The summed E-state index contributed by atoms with van der Waals surface area (Å²) in [6.45, 7) is 2.06. The average Bonchev–Trinajstić information content (AvgIpc) is 2.46. The summed E-state index contributed by atoms with van der Waals surface area (Å²) in [5.74, 6) is -0.916. The summed E-state index contributed by atoms with van der Waals surface area (Å²) in [5, 5.41) is 12.5. The molecule has 0 radical (unpaired) electrons. The van der Waals surface area contributed by atoms with Crippen LogP contribution in [-0.4, -0.2) is 17.1 Å². The normalized spacial score (nSPS) is 11.9. The van der Waals surface area contributed by atoms with Gasteiger partial charge in [-0.05, 0) is 43.5 Å². The Morgan fingerprint density at radius 3 is 2.62 bits per heavy atom. The van der Waals surface area contributed by atoms with Crippen molar-refractivity contribution in [2.45, 2.75) is 25.8 Å². The standard InChI is InChI=1S/C17H18BrNO2/c1-12(7-8-13-5-3-2-4-6-13)19-16-11-14(18)9-10-15(16)17(20)21/h2-6,9-12,19H,7-8H2,1H3,(H,20,21). The fourth-order valence-corrected chi connectivity index (χ4v) is 2.55. The first-order valence-electron chi connectivity index (χ1n) is 6.89. The van der Waals surface area contributed by atoms with Crippen LogP contribution in [0.3, 0.4) is 0 Å². The monoisotopic (exact) mass is 347 g/mol. The van der Waals surface area contributed by atoms with Crippen LogP contribution in [0.5, 0.6) is 0 Å². The van der Waals surface area contributed by atoms with E-state index in [2.05, 4.69) is 40.3 Å². The molecule has 110 valence electrons. The molecule has 2 N–H and O–H groups in total. The van der Waals surface area contributed by atoms with Crippen molar-refractivity contribution < 1.29 is 9.90 Å². The highest BCUT2D eigenvalue weighted by molar-refractivity contribution is 9.10. The first kappa shape index (κ1) is 15.6. The highest BCUT2D eigenvalue weighted by atomic mass is 79.9. The molecule has 21 heavy (non-hydrogen) atoms. The number of halogens is 1. The summed E-state index contributed by atoms with van der Waals surface area (Å²) in [6.07, 6.45) is 1.90. The molecule has 0 saturated carbocycles. The Hall–Kier alpha value is -1.81. The number of carboxylic acid groups (broad SMARTS) is 1. The summed E-state index contributed by atoms with van der Waals surface area (Å²) in [6, 6.07) is 15.6. The second-order valence-electron chi connectivity index (χ2n) is 5.06. The average molecular weight is 348 g/mol. The van der Waals surface area contributed by atoms with E-state index in [4.69, 9.17) is 0 Å². The number of nitrogens with one attached hydrogen (secondary N) is 1. The first-order chi connectivity index (χ1) is 10.1. The summed E-state index contributed by atoms with van der Waals surface area (Å²) in [7, 11) is 0. The van der Waals surface area contributed by atoms with E-state index in [1.807, 2.05) is 24.3 Å². The minimum atomic E-state index is -0.916. The lowest BCUT2D eigenvalue weighted by Gasteiger charge is -2.17. The van der Waals surface area contributed by atoms with E-state index in [1.54, 1.807) is 12.1 Å². The maximum atomic E-state index is 11.2. The fraction of sp³-hybridized carbons (Fsp3) is 0.235. The van der Waals surface area contributed by atoms with Crippen molar-refractivity contribution in [3.05, 3.63) is 64.1 Å². The second kappa shape index (κ2) is 7.27. The molecule has 2 aromatic rings. The number of rotatable bonds is 6. The van der Waals surface area contributed by atoms with E-state index >= 15 is 0 Å². The third-order valence-electron chi connectivity index (χ3n) is 3.32. The molecular formula is C17H18BrNO2. The lowest BCUT2D eigenvalue weighted by Crippen LogP contribution is -2.18. The third-order valence-corrected chi connectivity index (χ3v) is 3.82. The van der Waals surface area contributed by atoms with Crippen molar-refractivity contribution >= 4 is 27.6 Å². The van der Waals surface area contributed by atoms with Crippen molar-refractivity contribution in [1.82, 2.24) is 0 Å². The van der Waals surface area contributed by atoms with Gasteiger partial charge in [0.15, 0.2) is 0 Å². The molecule has 0 fully saturated rings. The minimum Gasteiger partial charge on any atom is -0.478 e. The van der Waals surface area contributed by atoms with E-state index in [-0.39, 0.29) is 6.04 Å². The van der Waals surface area contributed by atoms with Crippen molar-refractivity contribution in [3.8, 4) is 0 Å². The molecule has 4 heteroatoms. The Morgan fingerprint density at radius 1 is 1.24 bits per heavy atom. The Labute approximate surface area is 133 Å². The van der Waals surface area contributed by atoms with Crippen molar-refractivity contribution in [3.63, 3.8) is 0 Å². The molecule has 1 atom stereocenters. The van der Waals surface area contributed by atoms with Crippen LogP contribution >= 0.6 is 15.9 Å². The first-order valence-corrected chi connectivity index (χ1v) is 7.69. The molecule has 1 unspecified atom stereocenters. The van der Waals surface area contributed by atoms with Gasteiger partial charge >= 0.3 is 5.97 Å². The van der Waals surface area contributed by atoms with Gasteiger partial charge in [0.05, 0.1) is 11.3 Å². The Bertz CT molecular complexity index is 613. The predicted molar refractivity (Wildman–Crippen MR) is 88.9 cm³/mol. The molecule has 0 aliphatic heterocycles. The van der Waals surface area contributed by atoms with Crippen LogP contribution in [0, 0.1) is 0 Å². The SMILES string of the molecule is CC(CCc1ccccc1)Nc1cc(Br)ccc1C(=O)O. The zero-order chi connectivity index (χ0) is 15.2. The van der Waals surface area contributed by atoms with Crippen molar-refractivity contribution in [1.29, 1.82) is 0 Å². The lowest BCUT2D eigenvalue weighted by atomic mass is 10.1. The van der Waals surface area contributed by atoms with Gasteiger partial charge in [0.25, 0.3) is 0 Å². The fourth-order valence-electron chi connectivity index (χ4n) is 2.19.